The SMILES string of the molecule is COc1cccc(NC2CCN(S(=O)(=O)c3ccc(CNC(=O)c4ccc(Cl)cc4)s3)CC2)c1. The lowest BCUT2D eigenvalue weighted by molar-refractivity contribution is 0.0951. The smallest absolute Gasteiger partial charge is 0.252 e. The number of halogens is 1. The molecular formula is C24H26ClN3O4S2. The van der Waals surface area contributed by atoms with Crippen molar-refractivity contribution >= 4 is 44.6 Å². The molecule has 1 aliphatic heterocycles. The Morgan fingerprint density at radius 3 is 2.56 bits per heavy atom. The lowest BCUT2D eigenvalue weighted by Crippen LogP contribution is -2.42. The van der Waals surface area contributed by atoms with E-state index in [4.69, 9.17) is 16.3 Å². The van der Waals surface area contributed by atoms with E-state index in [1.54, 1.807) is 47.8 Å². The molecule has 2 aromatic carbocycles. The first-order valence-electron chi connectivity index (χ1n) is 10.9. The van der Waals surface area contributed by atoms with Gasteiger partial charge in [0.05, 0.1) is 13.7 Å². The molecular weight excluding hydrogens is 494 g/mol. The third-order valence-corrected chi connectivity index (χ3v) is 9.36. The van der Waals surface area contributed by atoms with Crippen molar-refractivity contribution in [1.29, 1.82) is 0 Å². The summed E-state index contributed by atoms with van der Waals surface area (Å²) in [6, 6.07) is 17.9. The molecule has 0 atom stereocenters. The van der Waals surface area contributed by atoms with Crippen LogP contribution in [0.3, 0.4) is 0 Å². The normalized spacial score (nSPS) is 15.1. The van der Waals surface area contributed by atoms with E-state index in [1.807, 2.05) is 24.3 Å². The Morgan fingerprint density at radius 2 is 1.85 bits per heavy atom. The van der Waals surface area contributed by atoms with Gasteiger partial charge >= 0.3 is 0 Å². The van der Waals surface area contributed by atoms with Gasteiger partial charge in [-0.15, -0.1) is 11.3 Å². The first-order chi connectivity index (χ1) is 16.3. The summed E-state index contributed by atoms with van der Waals surface area (Å²) in [5, 5.41) is 6.85. The summed E-state index contributed by atoms with van der Waals surface area (Å²) in [6.07, 6.45) is 1.43. The van der Waals surface area contributed by atoms with Crippen LogP contribution in [0, 0.1) is 0 Å². The Labute approximate surface area is 208 Å². The van der Waals surface area contributed by atoms with Gasteiger partial charge in [-0.05, 0) is 61.4 Å². The van der Waals surface area contributed by atoms with E-state index in [-0.39, 0.29) is 18.5 Å². The first-order valence-corrected chi connectivity index (χ1v) is 13.5. The molecule has 1 amide bonds. The van der Waals surface area contributed by atoms with Gasteiger partial charge in [-0.3, -0.25) is 4.79 Å². The Hall–Kier alpha value is -2.59. The highest BCUT2D eigenvalue weighted by molar-refractivity contribution is 7.91. The highest BCUT2D eigenvalue weighted by atomic mass is 35.5. The van der Waals surface area contributed by atoms with E-state index in [0.29, 0.717) is 40.7 Å². The fourth-order valence-corrected chi connectivity index (χ4v) is 6.82. The minimum Gasteiger partial charge on any atom is -0.497 e. The quantitative estimate of drug-likeness (QED) is 0.454. The molecule has 3 aromatic rings. The maximum atomic E-state index is 13.1. The van der Waals surface area contributed by atoms with E-state index in [9.17, 15) is 13.2 Å². The van der Waals surface area contributed by atoms with Gasteiger partial charge in [0.2, 0.25) is 0 Å². The molecule has 0 aliphatic carbocycles. The van der Waals surface area contributed by atoms with Crippen LogP contribution >= 0.6 is 22.9 Å². The van der Waals surface area contributed by atoms with Crippen LogP contribution in [0.15, 0.2) is 64.9 Å². The van der Waals surface area contributed by atoms with Gasteiger partial charge in [-0.1, -0.05) is 17.7 Å². The average molecular weight is 520 g/mol. The molecule has 2 heterocycles. The molecule has 0 unspecified atom stereocenters. The number of nitrogens with one attached hydrogen (secondary N) is 2. The molecule has 0 radical (unpaired) electrons. The number of methoxy groups -OCH3 is 1. The fraction of sp³-hybridized carbons (Fsp3) is 0.292. The van der Waals surface area contributed by atoms with Crippen LogP contribution in [0.4, 0.5) is 5.69 Å². The Kier molecular flexibility index (Phi) is 7.77. The number of ether oxygens (including phenoxy) is 1. The summed E-state index contributed by atoms with van der Waals surface area (Å²) in [6.45, 7) is 1.16. The van der Waals surface area contributed by atoms with Crippen LogP contribution in [0.25, 0.3) is 0 Å². The second-order valence-corrected chi connectivity index (χ2v) is 11.7. The lowest BCUT2D eigenvalue weighted by Gasteiger charge is -2.31. The van der Waals surface area contributed by atoms with Crippen LogP contribution in [0.5, 0.6) is 5.75 Å². The third-order valence-electron chi connectivity index (χ3n) is 5.66. The van der Waals surface area contributed by atoms with Gasteiger partial charge in [-0.25, -0.2) is 8.42 Å². The Morgan fingerprint density at radius 1 is 1.12 bits per heavy atom. The zero-order chi connectivity index (χ0) is 24.1. The number of piperidine rings is 1. The number of hydrogen-bond donors (Lipinski definition) is 2. The molecule has 1 aromatic heterocycles. The van der Waals surface area contributed by atoms with E-state index >= 15 is 0 Å². The van der Waals surface area contributed by atoms with Gasteiger partial charge in [-0.2, -0.15) is 4.31 Å². The summed E-state index contributed by atoms with van der Waals surface area (Å²) in [5.41, 5.74) is 1.46. The van der Waals surface area contributed by atoms with E-state index in [0.717, 1.165) is 16.3 Å². The van der Waals surface area contributed by atoms with Crippen LogP contribution in [-0.4, -0.2) is 44.9 Å². The number of benzene rings is 2. The fourth-order valence-electron chi connectivity index (χ4n) is 3.78. The van der Waals surface area contributed by atoms with Crippen molar-refractivity contribution in [2.75, 3.05) is 25.5 Å². The number of amides is 1. The molecule has 34 heavy (non-hydrogen) atoms. The van der Waals surface area contributed by atoms with Crippen LogP contribution in [-0.2, 0) is 16.6 Å². The maximum Gasteiger partial charge on any atom is 0.252 e. The van der Waals surface area contributed by atoms with Crippen LogP contribution in [0.2, 0.25) is 5.02 Å². The zero-order valence-electron chi connectivity index (χ0n) is 18.7. The summed E-state index contributed by atoms with van der Waals surface area (Å²) in [5.74, 6) is 0.544. The Balaban J connectivity index is 1.31. The standard InChI is InChI=1S/C24H26ClN3O4S2/c1-32-21-4-2-3-20(15-21)27-19-11-13-28(14-12-19)34(30,31)23-10-9-22(33-23)16-26-24(29)17-5-7-18(25)8-6-17/h2-10,15,19,27H,11-14,16H2,1H3,(H,26,29). The van der Waals surface area contributed by atoms with E-state index < -0.39 is 10.0 Å². The molecule has 0 spiro atoms. The molecule has 0 saturated carbocycles. The summed E-state index contributed by atoms with van der Waals surface area (Å²) >= 11 is 7.04. The van der Waals surface area contributed by atoms with E-state index in [1.165, 1.54) is 11.3 Å². The second kappa shape index (κ2) is 10.8. The number of carbonyl (C=O) groups excluding carboxylic acids is 1. The molecule has 1 aliphatic rings. The molecule has 10 heteroatoms. The minimum absolute atomic E-state index is 0.195. The minimum atomic E-state index is -3.57. The third kappa shape index (κ3) is 5.90. The largest absolute Gasteiger partial charge is 0.497 e. The zero-order valence-corrected chi connectivity index (χ0v) is 21.0. The molecule has 2 N–H and O–H groups in total. The highest BCUT2D eigenvalue weighted by Crippen LogP contribution is 2.28. The monoisotopic (exact) mass is 519 g/mol. The number of carbonyl (C=O) groups is 1. The number of sulfonamides is 1. The van der Waals surface area contributed by atoms with Gasteiger partial charge in [0.15, 0.2) is 0 Å². The summed E-state index contributed by atoms with van der Waals surface area (Å²) < 4.78 is 33.4. The number of nitrogens with zero attached hydrogens (tertiary/aromatic N) is 1. The molecule has 0 bridgehead atoms. The predicted octanol–water partition coefficient (Wildman–Crippen LogP) is 4.61. The van der Waals surface area contributed by atoms with Crippen molar-refractivity contribution in [3.8, 4) is 5.75 Å². The lowest BCUT2D eigenvalue weighted by atomic mass is 10.1. The van der Waals surface area contributed by atoms with E-state index in [2.05, 4.69) is 10.6 Å². The molecule has 1 fully saturated rings. The van der Waals surface area contributed by atoms with Gasteiger partial charge in [0.25, 0.3) is 15.9 Å². The predicted molar refractivity (Wildman–Crippen MR) is 135 cm³/mol. The van der Waals surface area contributed by atoms with Gasteiger partial charge in [0.1, 0.15) is 9.96 Å². The van der Waals surface area contributed by atoms with Gasteiger partial charge in [0, 0.05) is 46.3 Å². The molecule has 1 saturated heterocycles. The molecule has 180 valence electrons. The number of rotatable bonds is 8. The van der Waals surface area contributed by atoms with Crippen molar-refractivity contribution in [3.63, 3.8) is 0 Å². The Bertz CT molecular complexity index is 1240. The second-order valence-electron chi connectivity index (χ2n) is 7.96. The van der Waals surface area contributed by atoms with Gasteiger partial charge < -0.3 is 15.4 Å². The topological polar surface area (TPSA) is 87.7 Å². The first kappa shape index (κ1) is 24.5. The molecule has 7 nitrogen and oxygen atoms in total. The van der Waals surface area contributed by atoms with Crippen LogP contribution in [0.1, 0.15) is 28.1 Å². The van der Waals surface area contributed by atoms with Crippen molar-refractivity contribution in [1.82, 2.24) is 9.62 Å². The number of thiophene rings is 1. The average Bonchev–Trinajstić information content (AvgIpc) is 3.33. The number of anilines is 1. The molecule has 4 rings (SSSR count). The van der Waals surface area contributed by atoms with Crippen LogP contribution < -0.4 is 15.4 Å². The van der Waals surface area contributed by atoms with Crippen molar-refractivity contribution in [2.24, 2.45) is 0 Å². The number of hydrogen-bond acceptors (Lipinski definition) is 6. The maximum absolute atomic E-state index is 13.1. The summed E-state index contributed by atoms with van der Waals surface area (Å²) in [7, 11) is -1.94. The van der Waals surface area contributed by atoms with Crippen molar-refractivity contribution in [2.45, 2.75) is 29.6 Å². The van der Waals surface area contributed by atoms with Crippen molar-refractivity contribution in [3.05, 3.63) is 76.1 Å². The summed E-state index contributed by atoms with van der Waals surface area (Å²) in [4.78, 5) is 13.1. The van der Waals surface area contributed by atoms with Crippen molar-refractivity contribution < 1.29 is 17.9 Å². The highest BCUT2D eigenvalue weighted by Gasteiger charge is 2.30.